The highest BCUT2D eigenvalue weighted by atomic mass is 32.5. The summed E-state index contributed by atoms with van der Waals surface area (Å²) in [6, 6.07) is 2.87. The number of nitrogens with one attached hydrogen (secondary N) is 3. The SMILES string of the molecule is CC(C)C(=O)Nc1nc2c(ncn2[C@@H]2O[C@@H]3COP(O)(=S)O[C@@H]4[C@@H](CCOP(=S)(OCCC#N)O[C@@H]2C3O[Si](C)(C)C(C)(C)C)C[C@@H](Nc2ccncn2)[C@@H]4F)c(=O)[nH]1. The molecule has 6 rings (SSSR count). The number of imidazole rings is 1. The number of amides is 1. The fourth-order valence-corrected chi connectivity index (χ4v) is 11.5. The first kappa shape index (κ1) is 45.8. The molecule has 1 amide bonds. The van der Waals surface area contributed by atoms with Crippen molar-refractivity contribution in [1.82, 2.24) is 29.5 Å². The molecule has 4 N–H and O–H groups in total. The number of aromatic amines is 1. The Balaban J connectivity index is 1.42. The van der Waals surface area contributed by atoms with Crippen LogP contribution in [0.1, 0.15) is 60.1 Å². The first-order valence-corrected chi connectivity index (χ1v) is 27.1. The zero-order chi connectivity index (χ0) is 42.9. The molecule has 0 spiro atoms. The van der Waals surface area contributed by atoms with Gasteiger partial charge < -0.3 is 37.5 Å². The van der Waals surface area contributed by atoms with Crippen LogP contribution in [-0.2, 0) is 60.2 Å². The summed E-state index contributed by atoms with van der Waals surface area (Å²) in [6.07, 6.45) is -2.74. The summed E-state index contributed by atoms with van der Waals surface area (Å²) in [6.45, 7) is 4.94. The molecule has 3 aliphatic rings. The van der Waals surface area contributed by atoms with Gasteiger partial charge >= 0.3 is 13.4 Å². The lowest BCUT2D eigenvalue weighted by Gasteiger charge is -2.41. The van der Waals surface area contributed by atoms with E-state index in [0.29, 0.717) is 5.82 Å². The minimum atomic E-state index is -4.17. The van der Waals surface area contributed by atoms with Crippen molar-refractivity contribution >= 4 is 74.2 Å². The normalized spacial score (nSPS) is 32.0. The van der Waals surface area contributed by atoms with Crippen molar-refractivity contribution in [2.75, 3.05) is 30.5 Å². The van der Waals surface area contributed by atoms with Gasteiger partial charge in [0.1, 0.15) is 42.7 Å². The molecule has 10 atom stereocenters. The van der Waals surface area contributed by atoms with E-state index in [1.54, 1.807) is 19.9 Å². The molecule has 0 radical (unpaired) electrons. The van der Waals surface area contributed by atoms with E-state index in [1.165, 1.54) is 23.4 Å². The number of hydrogen-bond acceptors (Lipinski definition) is 17. The molecule has 5 heterocycles. The summed E-state index contributed by atoms with van der Waals surface area (Å²) in [5.74, 6) is -1.07. The number of ether oxygens (including phenoxy) is 1. The number of nitrogens with zero attached hydrogens (tertiary/aromatic N) is 6. The Morgan fingerprint density at radius 1 is 1.24 bits per heavy atom. The van der Waals surface area contributed by atoms with Gasteiger partial charge in [-0.25, -0.2) is 19.3 Å². The third kappa shape index (κ3) is 10.7. The van der Waals surface area contributed by atoms with E-state index in [9.17, 15) is 19.7 Å². The minimum Gasteiger partial charge on any atom is -0.408 e. The van der Waals surface area contributed by atoms with E-state index in [0.717, 1.165) is 0 Å². The molecule has 25 heteroatoms. The number of nitriles is 1. The van der Waals surface area contributed by atoms with Crippen LogP contribution in [0, 0.1) is 23.2 Å². The van der Waals surface area contributed by atoms with Crippen LogP contribution in [0.25, 0.3) is 11.2 Å². The van der Waals surface area contributed by atoms with Crippen molar-refractivity contribution in [1.29, 1.82) is 5.26 Å². The minimum absolute atomic E-state index is 0.0270. The van der Waals surface area contributed by atoms with Gasteiger partial charge in [0.25, 0.3) is 5.56 Å². The molecule has 324 valence electrons. The zero-order valence-corrected chi connectivity index (χ0v) is 38.1. The van der Waals surface area contributed by atoms with Crippen molar-refractivity contribution in [2.45, 2.75) is 115 Å². The maximum absolute atomic E-state index is 16.3. The number of H-pyrrole nitrogens is 1. The fraction of sp³-hybridized carbons (Fsp3) is 0.676. The highest BCUT2D eigenvalue weighted by molar-refractivity contribution is 8.07. The van der Waals surface area contributed by atoms with Crippen LogP contribution in [0.15, 0.2) is 29.7 Å². The number of halogens is 1. The van der Waals surface area contributed by atoms with E-state index < -0.39 is 88.6 Å². The molecule has 3 aromatic heterocycles. The number of alkyl halides is 1. The van der Waals surface area contributed by atoms with E-state index in [4.69, 9.17) is 55.4 Å². The number of hydrogen-bond donors (Lipinski definition) is 4. The summed E-state index contributed by atoms with van der Waals surface area (Å²) in [5.41, 5.74) is -0.672. The predicted molar refractivity (Wildman–Crippen MR) is 223 cm³/mol. The van der Waals surface area contributed by atoms with Crippen LogP contribution in [0.2, 0.25) is 18.1 Å². The lowest BCUT2D eigenvalue weighted by Crippen LogP contribution is -2.50. The van der Waals surface area contributed by atoms with Crippen LogP contribution in [-0.4, -0.2) is 105 Å². The lowest BCUT2D eigenvalue weighted by atomic mass is 10.0. The van der Waals surface area contributed by atoms with Gasteiger partial charge in [-0.2, -0.15) is 10.2 Å². The largest absolute Gasteiger partial charge is 0.408 e. The molecule has 3 unspecified atom stereocenters. The van der Waals surface area contributed by atoms with E-state index in [-0.39, 0.29) is 60.5 Å². The Morgan fingerprint density at radius 2 is 2.00 bits per heavy atom. The van der Waals surface area contributed by atoms with Crippen LogP contribution in [0.3, 0.4) is 0 Å². The van der Waals surface area contributed by atoms with Gasteiger partial charge in [0, 0.05) is 12.1 Å². The van der Waals surface area contributed by atoms with Gasteiger partial charge in [-0.15, -0.1) is 0 Å². The molecule has 1 aliphatic carbocycles. The Morgan fingerprint density at radius 3 is 2.68 bits per heavy atom. The molecule has 2 saturated heterocycles. The second kappa shape index (κ2) is 18.3. The van der Waals surface area contributed by atoms with Gasteiger partial charge in [-0.1, -0.05) is 34.6 Å². The zero-order valence-electron chi connectivity index (χ0n) is 33.6. The quantitative estimate of drug-likeness (QED) is 0.116. The molecular weight excluding hydrogens is 868 g/mol. The number of carbonyl (C=O) groups is 1. The molecule has 19 nitrogen and oxygen atoms in total. The van der Waals surface area contributed by atoms with Crippen molar-refractivity contribution in [3.63, 3.8) is 0 Å². The van der Waals surface area contributed by atoms with Gasteiger partial charge in [0.05, 0.1) is 44.7 Å². The molecule has 2 aliphatic heterocycles. The predicted octanol–water partition coefficient (Wildman–Crippen LogP) is 5.21. The summed E-state index contributed by atoms with van der Waals surface area (Å²) in [7, 11) is -2.72. The van der Waals surface area contributed by atoms with Gasteiger partial charge in [-0.05, 0) is 66.6 Å². The second-order valence-electron chi connectivity index (χ2n) is 16.3. The molecule has 1 saturated carbocycles. The Bertz CT molecular complexity index is 2180. The Labute approximate surface area is 352 Å². The Kier molecular flexibility index (Phi) is 14.3. The number of fused-ring (bicyclic) bond motifs is 4. The monoisotopic (exact) mass is 917 g/mol. The van der Waals surface area contributed by atoms with Crippen molar-refractivity contribution in [3.8, 4) is 6.07 Å². The summed E-state index contributed by atoms with van der Waals surface area (Å²) < 4.78 is 62.6. The van der Waals surface area contributed by atoms with E-state index >= 15 is 4.39 Å². The molecule has 0 aromatic carbocycles. The number of aromatic nitrogens is 6. The average Bonchev–Trinajstić information content (AvgIpc) is 3.80. The first-order chi connectivity index (χ1) is 27.7. The van der Waals surface area contributed by atoms with Gasteiger partial charge in [0.2, 0.25) is 11.9 Å². The van der Waals surface area contributed by atoms with Crippen molar-refractivity contribution < 1.29 is 45.9 Å². The summed E-state index contributed by atoms with van der Waals surface area (Å²) in [4.78, 5) is 56.8. The van der Waals surface area contributed by atoms with Crippen LogP contribution in [0.5, 0.6) is 0 Å². The number of carbonyl (C=O) groups excluding carboxylic acids is 1. The Hall–Kier alpha value is -2.68. The third-order valence-corrected chi connectivity index (χ3v) is 19.2. The van der Waals surface area contributed by atoms with Crippen LogP contribution < -0.4 is 16.2 Å². The first-order valence-electron chi connectivity index (χ1n) is 19.1. The molecule has 2 bridgehead atoms. The van der Waals surface area contributed by atoms with E-state index in [2.05, 4.69) is 35.6 Å². The topological polar surface area (TPSA) is 239 Å². The molecule has 3 aromatic rings. The van der Waals surface area contributed by atoms with Crippen LogP contribution >= 0.6 is 13.4 Å². The molecular formula is C34H50FN9O10P2S2Si. The highest BCUT2D eigenvalue weighted by Gasteiger charge is 2.55. The number of anilines is 2. The number of rotatable bonds is 10. The maximum atomic E-state index is 16.3. The maximum Gasteiger partial charge on any atom is 0.327 e. The van der Waals surface area contributed by atoms with Crippen molar-refractivity contribution in [2.24, 2.45) is 11.8 Å². The average molecular weight is 918 g/mol. The van der Waals surface area contributed by atoms with E-state index in [1.807, 2.05) is 39.9 Å². The van der Waals surface area contributed by atoms with Gasteiger partial charge in [-0.3, -0.25) is 29.0 Å². The highest BCUT2D eigenvalue weighted by Crippen LogP contribution is 2.57. The van der Waals surface area contributed by atoms with Crippen molar-refractivity contribution in [3.05, 3.63) is 35.3 Å². The standard InChI is InChI=1S/C34H50FN9O10P2S2Si/c1-19(2)30(45)42-33-41-29-25(31(46)43-33)39-18-44(29)32-28-27(54-59(6,7)34(3,4)5)22(51-32)16-50-55(47,57)52-26-20(10-14-49-56(58,53-28)48-13-8-11-36)15-21(24(26)35)40-23-9-12-37-17-38-23/h9,12,17-22,24,26-28,32H,8,10,13-16H2,1-7H3,(H,47,57)(H,37,38,40)(H2,41,42,43,45,46)/t20-,21+,22+,24-,26+,27?,28+,32+,55?,56?/m0/s1. The molecule has 59 heavy (non-hydrogen) atoms. The third-order valence-electron chi connectivity index (χ3n) is 10.7. The summed E-state index contributed by atoms with van der Waals surface area (Å²) >= 11 is 11.6. The summed E-state index contributed by atoms with van der Waals surface area (Å²) in [5, 5.41) is 14.8. The lowest BCUT2D eigenvalue weighted by molar-refractivity contribution is -0.118. The fourth-order valence-electron chi connectivity index (χ4n) is 6.60. The molecule has 3 fully saturated rings. The smallest absolute Gasteiger partial charge is 0.327 e. The second-order valence-corrected chi connectivity index (χ2v) is 26.8. The van der Waals surface area contributed by atoms with Gasteiger partial charge in [0.15, 0.2) is 25.7 Å². The van der Waals surface area contributed by atoms with Crippen LogP contribution in [0.4, 0.5) is 16.2 Å².